The number of primary amides is 1. The Labute approximate surface area is 207 Å². The fourth-order valence-corrected chi connectivity index (χ4v) is 2.95. The quantitative estimate of drug-likeness (QED) is 0.267. The Morgan fingerprint density at radius 3 is 2.11 bits per heavy atom. The van der Waals surface area contributed by atoms with E-state index >= 15 is 0 Å². The number of benzene rings is 2. The molecule has 0 aromatic heterocycles. The predicted octanol–water partition coefficient (Wildman–Crippen LogP) is 5.68. The summed E-state index contributed by atoms with van der Waals surface area (Å²) in [4.78, 5) is 30.6. The van der Waals surface area contributed by atoms with Crippen molar-refractivity contribution < 1.29 is 23.8 Å². The fourth-order valence-electron chi connectivity index (χ4n) is 2.95. The fraction of sp³-hybridized carbons (Fsp3) is 0.370. The summed E-state index contributed by atoms with van der Waals surface area (Å²) in [5, 5.41) is 0. The van der Waals surface area contributed by atoms with Gasteiger partial charge >= 0.3 is 6.09 Å². The molecular formula is C27H35N3O5. The van der Waals surface area contributed by atoms with Crippen molar-refractivity contribution in [2.24, 2.45) is 10.7 Å². The molecule has 0 fully saturated rings. The maximum absolute atomic E-state index is 12.6. The van der Waals surface area contributed by atoms with Crippen LogP contribution in [-0.2, 0) is 9.53 Å². The van der Waals surface area contributed by atoms with E-state index in [-0.39, 0.29) is 18.1 Å². The van der Waals surface area contributed by atoms with E-state index in [1.165, 1.54) is 4.90 Å². The number of nitrogens with two attached hydrogens (primary N) is 1. The van der Waals surface area contributed by atoms with Gasteiger partial charge in [-0.05, 0) is 70.0 Å². The first-order valence-electron chi connectivity index (χ1n) is 11.7. The molecule has 0 aliphatic carbocycles. The van der Waals surface area contributed by atoms with Gasteiger partial charge in [-0.1, -0.05) is 38.1 Å². The lowest BCUT2D eigenvalue weighted by molar-refractivity contribution is -0.114. The minimum Gasteiger partial charge on any atom is -0.457 e. The summed E-state index contributed by atoms with van der Waals surface area (Å²) in [5.74, 6) is 1.13. The lowest BCUT2D eigenvalue weighted by Crippen LogP contribution is -2.38. The topological polar surface area (TPSA) is 103 Å². The summed E-state index contributed by atoms with van der Waals surface area (Å²) in [6, 6.07) is 16.3. The van der Waals surface area contributed by atoms with Crippen LogP contribution in [0.4, 0.5) is 4.79 Å². The van der Waals surface area contributed by atoms with Crippen molar-refractivity contribution in [2.75, 3.05) is 13.2 Å². The van der Waals surface area contributed by atoms with Crippen LogP contribution in [0.1, 0.15) is 47.5 Å². The Kier molecular flexibility index (Phi) is 10.3. The lowest BCUT2D eigenvalue weighted by atomic mass is 10.2. The van der Waals surface area contributed by atoms with E-state index in [2.05, 4.69) is 4.99 Å². The Balaban J connectivity index is 2.26. The molecule has 0 atom stereocenters. The molecule has 0 spiro atoms. The first-order valence-corrected chi connectivity index (χ1v) is 11.7. The number of allylic oxidation sites excluding steroid dienone is 1. The van der Waals surface area contributed by atoms with E-state index in [0.717, 1.165) is 0 Å². The van der Waals surface area contributed by atoms with Crippen molar-refractivity contribution in [3.8, 4) is 17.2 Å². The van der Waals surface area contributed by atoms with Crippen LogP contribution in [0.15, 0.2) is 71.2 Å². The second-order valence-corrected chi connectivity index (χ2v) is 8.73. The van der Waals surface area contributed by atoms with Crippen molar-refractivity contribution in [3.63, 3.8) is 0 Å². The van der Waals surface area contributed by atoms with E-state index in [4.69, 9.17) is 19.9 Å². The van der Waals surface area contributed by atoms with Gasteiger partial charge in [-0.3, -0.25) is 9.69 Å². The average molecular weight is 482 g/mol. The van der Waals surface area contributed by atoms with Gasteiger partial charge in [0, 0.05) is 6.54 Å². The van der Waals surface area contributed by atoms with Gasteiger partial charge in [-0.15, -0.1) is 0 Å². The molecule has 8 heteroatoms. The molecule has 0 saturated carbocycles. The van der Waals surface area contributed by atoms with E-state index in [1.54, 1.807) is 51.1 Å². The first kappa shape index (κ1) is 27.4. The minimum atomic E-state index is -0.672. The molecule has 0 unspecified atom stereocenters. The van der Waals surface area contributed by atoms with Crippen LogP contribution >= 0.6 is 0 Å². The standard InChI is InChI=1S/C27H35N3O5/c1-6-11-23(24(28)31)25(29-19-30(18-7-2)26(32)35-27(3,4)5)34-22-16-14-21(15-17-22)33-20-12-9-8-10-13-20/h8-17H,6-7,18-19H2,1-5H3,(H2,28,31)/b23-11-,29-25?. The number of rotatable bonds is 10. The highest BCUT2D eigenvalue weighted by molar-refractivity contribution is 6.18. The monoisotopic (exact) mass is 481 g/mol. The van der Waals surface area contributed by atoms with Crippen LogP contribution in [0.5, 0.6) is 17.2 Å². The molecule has 0 bridgehead atoms. The maximum Gasteiger partial charge on any atom is 0.411 e. The third kappa shape index (κ3) is 9.52. The molecule has 0 saturated heterocycles. The Hall–Kier alpha value is -3.81. The van der Waals surface area contributed by atoms with Crippen molar-refractivity contribution in [1.29, 1.82) is 0 Å². The average Bonchev–Trinajstić information content (AvgIpc) is 2.80. The summed E-state index contributed by atoms with van der Waals surface area (Å²) in [7, 11) is 0. The SMILES string of the molecule is CC/C=C(/C(N)=O)C(=NCN(CCC)C(=O)OC(C)(C)C)Oc1ccc(Oc2ccccc2)cc1. The molecule has 35 heavy (non-hydrogen) atoms. The van der Waals surface area contributed by atoms with E-state index in [0.29, 0.717) is 36.6 Å². The summed E-state index contributed by atoms with van der Waals surface area (Å²) in [5.41, 5.74) is 5.10. The summed E-state index contributed by atoms with van der Waals surface area (Å²) >= 11 is 0. The lowest BCUT2D eigenvalue weighted by Gasteiger charge is -2.26. The Bertz CT molecular complexity index is 1030. The number of para-hydroxylation sites is 1. The van der Waals surface area contributed by atoms with Gasteiger partial charge in [0.2, 0.25) is 5.90 Å². The van der Waals surface area contributed by atoms with Crippen molar-refractivity contribution >= 4 is 17.9 Å². The molecule has 0 heterocycles. The number of carbonyl (C=O) groups excluding carboxylic acids is 2. The van der Waals surface area contributed by atoms with Crippen LogP contribution in [0.2, 0.25) is 0 Å². The maximum atomic E-state index is 12.6. The number of hydrogen-bond acceptors (Lipinski definition) is 6. The molecule has 0 aliphatic rings. The highest BCUT2D eigenvalue weighted by Crippen LogP contribution is 2.24. The molecule has 0 aliphatic heterocycles. The molecular weight excluding hydrogens is 446 g/mol. The third-order valence-corrected chi connectivity index (χ3v) is 4.45. The van der Waals surface area contributed by atoms with Gasteiger partial charge in [-0.25, -0.2) is 9.79 Å². The second kappa shape index (κ2) is 13.2. The predicted molar refractivity (Wildman–Crippen MR) is 137 cm³/mol. The van der Waals surface area contributed by atoms with Gasteiger partial charge in [0.25, 0.3) is 5.91 Å². The van der Waals surface area contributed by atoms with Gasteiger partial charge in [-0.2, -0.15) is 0 Å². The van der Waals surface area contributed by atoms with Crippen molar-refractivity contribution in [1.82, 2.24) is 4.90 Å². The molecule has 2 aromatic carbocycles. The van der Waals surface area contributed by atoms with Gasteiger partial charge < -0.3 is 19.9 Å². The zero-order valence-electron chi connectivity index (χ0n) is 21.1. The van der Waals surface area contributed by atoms with Gasteiger partial charge in [0.15, 0.2) is 0 Å². The second-order valence-electron chi connectivity index (χ2n) is 8.73. The van der Waals surface area contributed by atoms with Crippen molar-refractivity contribution in [3.05, 3.63) is 66.2 Å². The number of aliphatic imine (C=N–C) groups is 1. The molecule has 2 amide bonds. The van der Waals surface area contributed by atoms with Crippen LogP contribution < -0.4 is 15.2 Å². The smallest absolute Gasteiger partial charge is 0.411 e. The third-order valence-electron chi connectivity index (χ3n) is 4.45. The van der Waals surface area contributed by atoms with Crippen LogP contribution in [0.3, 0.4) is 0 Å². The zero-order valence-corrected chi connectivity index (χ0v) is 21.1. The number of carbonyl (C=O) groups is 2. The first-order chi connectivity index (χ1) is 16.6. The normalized spacial score (nSPS) is 12.1. The molecule has 188 valence electrons. The summed E-state index contributed by atoms with van der Waals surface area (Å²) in [6.07, 6.45) is 2.41. The van der Waals surface area contributed by atoms with Gasteiger partial charge in [0.1, 0.15) is 29.5 Å². The highest BCUT2D eigenvalue weighted by Gasteiger charge is 2.23. The van der Waals surface area contributed by atoms with Crippen molar-refractivity contribution in [2.45, 2.75) is 53.1 Å². The molecule has 2 aromatic rings. The van der Waals surface area contributed by atoms with E-state index in [9.17, 15) is 9.59 Å². The molecule has 2 N–H and O–H groups in total. The molecule has 2 rings (SSSR count). The van der Waals surface area contributed by atoms with Crippen LogP contribution in [-0.4, -0.2) is 41.6 Å². The summed E-state index contributed by atoms with van der Waals surface area (Å²) in [6.45, 7) is 9.60. The summed E-state index contributed by atoms with van der Waals surface area (Å²) < 4.78 is 17.2. The number of ether oxygens (including phenoxy) is 3. The number of hydrogen-bond donors (Lipinski definition) is 1. The molecule has 8 nitrogen and oxygen atoms in total. The minimum absolute atomic E-state index is 0.0285. The highest BCUT2D eigenvalue weighted by atomic mass is 16.6. The van der Waals surface area contributed by atoms with Crippen LogP contribution in [0.25, 0.3) is 0 Å². The number of nitrogens with zero attached hydrogens (tertiary/aromatic N) is 2. The van der Waals surface area contributed by atoms with E-state index in [1.807, 2.05) is 44.2 Å². The Morgan fingerprint density at radius 2 is 1.57 bits per heavy atom. The van der Waals surface area contributed by atoms with Gasteiger partial charge in [0.05, 0.1) is 5.57 Å². The van der Waals surface area contributed by atoms with Crippen LogP contribution in [0, 0.1) is 0 Å². The largest absolute Gasteiger partial charge is 0.457 e. The number of amides is 2. The molecule has 0 radical (unpaired) electrons. The zero-order chi connectivity index (χ0) is 25.8. The van der Waals surface area contributed by atoms with E-state index < -0.39 is 17.6 Å². The Morgan fingerprint density at radius 1 is 0.971 bits per heavy atom.